The largest absolute Gasteiger partial charge is 0.497 e. The van der Waals surface area contributed by atoms with Crippen LogP contribution >= 0.6 is 0 Å². The summed E-state index contributed by atoms with van der Waals surface area (Å²) in [7, 11) is 1.70. The van der Waals surface area contributed by atoms with Gasteiger partial charge in [-0.05, 0) is 58.1 Å². The van der Waals surface area contributed by atoms with Gasteiger partial charge in [0, 0.05) is 5.92 Å². The summed E-state index contributed by atoms with van der Waals surface area (Å²) < 4.78 is 14.0. The molecule has 0 bridgehead atoms. The molecule has 4 heteroatoms. The molecule has 0 aliphatic heterocycles. The first-order chi connectivity index (χ1) is 17.0. The van der Waals surface area contributed by atoms with Gasteiger partial charge in [0.25, 0.3) is 0 Å². The molecule has 1 unspecified atom stereocenters. The number of aromatic nitrogens is 2. The van der Waals surface area contributed by atoms with Gasteiger partial charge >= 0.3 is 0 Å². The molecule has 35 heavy (non-hydrogen) atoms. The third-order valence-corrected chi connectivity index (χ3v) is 6.76. The number of benzene rings is 4. The molecule has 0 amide bonds. The van der Waals surface area contributed by atoms with E-state index >= 15 is 0 Å². The van der Waals surface area contributed by atoms with Crippen molar-refractivity contribution in [2.45, 2.75) is 39.2 Å². The van der Waals surface area contributed by atoms with Crippen LogP contribution in [0.4, 0.5) is 0 Å². The van der Waals surface area contributed by atoms with E-state index in [0.29, 0.717) is 12.5 Å². The molecule has 5 aromatic rings. The normalized spacial score (nSPS) is 12.4. The molecular formula is C31H32N2O2. The Bertz CT molecular complexity index is 1470. The average molecular weight is 465 g/mol. The van der Waals surface area contributed by atoms with E-state index in [1.807, 2.05) is 18.2 Å². The maximum Gasteiger partial charge on any atom is 0.122 e. The lowest BCUT2D eigenvalue weighted by Gasteiger charge is -2.18. The zero-order valence-electron chi connectivity index (χ0n) is 20.9. The minimum absolute atomic E-state index is 0.136. The van der Waals surface area contributed by atoms with Crippen molar-refractivity contribution in [3.63, 3.8) is 0 Å². The molecular weight excluding hydrogens is 432 g/mol. The van der Waals surface area contributed by atoms with E-state index in [4.69, 9.17) is 14.5 Å². The number of hydrogen-bond acceptors (Lipinski definition) is 3. The lowest BCUT2D eigenvalue weighted by molar-refractivity contribution is 0.294. The molecule has 0 spiro atoms. The number of rotatable bonds is 8. The highest BCUT2D eigenvalue weighted by atomic mass is 16.5. The summed E-state index contributed by atoms with van der Waals surface area (Å²) in [5.41, 5.74) is 4.64. The molecule has 0 fully saturated rings. The third-order valence-electron chi connectivity index (χ3n) is 6.76. The van der Waals surface area contributed by atoms with E-state index in [1.165, 1.54) is 21.9 Å². The maximum absolute atomic E-state index is 6.28. The second kappa shape index (κ2) is 9.83. The molecule has 0 aliphatic carbocycles. The predicted molar refractivity (Wildman–Crippen MR) is 144 cm³/mol. The first kappa shape index (κ1) is 23.0. The van der Waals surface area contributed by atoms with E-state index in [0.717, 1.165) is 34.9 Å². The van der Waals surface area contributed by atoms with Crippen molar-refractivity contribution < 1.29 is 9.47 Å². The van der Waals surface area contributed by atoms with E-state index in [1.54, 1.807) is 7.11 Å². The smallest absolute Gasteiger partial charge is 0.122 e. The molecule has 0 saturated heterocycles. The van der Waals surface area contributed by atoms with Crippen molar-refractivity contribution in [1.82, 2.24) is 9.55 Å². The van der Waals surface area contributed by atoms with Gasteiger partial charge < -0.3 is 14.0 Å². The zero-order valence-corrected chi connectivity index (χ0v) is 20.9. The molecule has 1 aromatic heterocycles. The van der Waals surface area contributed by atoms with Gasteiger partial charge in [-0.25, -0.2) is 4.98 Å². The van der Waals surface area contributed by atoms with Crippen LogP contribution in [0, 0.1) is 0 Å². The van der Waals surface area contributed by atoms with Gasteiger partial charge in [0.15, 0.2) is 0 Å². The number of methoxy groups -OCH3 is 1. The summed E-state index contributed by atoms with van der Waals surface area (Å²) in [4.78, 5) is 5.06. The number of nitrogens with zero attached hydrogens (tertiary/aromatic N) is 2. The summed E-state index contributed by atoms with van der Waals surface area (Å²) in [5.74, 6) is 3.45. The van der Waals surface area contributed by atoms with Gasteiger partial charge in [-0.15, -0.1) is 0 Å². The zero-order chi connectivity index (χ0) is 24.4. The SMILES string of the molecule is COc1ccc2cc(C(C)c3nc4ccccc4n3CCOc3ccccc3C(C)C)ccc2c1. The Morgan fingerprint density at radius 3 is 2.40 bits per heavy atom. The van der Waals surface area contributed by atoms with Crippen LogP contribution in [0.25, 0.3) is 21.8 Å². The minimum atomic E-state index is 0.136. The fourth-order valence-electron chi connectivity index (χ4n) is 4.78. The lowest BCUT2D eigenvalue weighted by Crippen LogP contribution is -2.14. The number of fused-ring (bicyclic) bond motifs is 2. The van der Waals surface area contributed by atoms with Crippen LogP contribution in [0.1, 0.15) is 49.6 Å². The van der Waals surface area contributed by atoms with Crippen LogP contribution in [0.3, 0.4) is 0 Å². The maximum atomic E-state index is 6.28. The predicted octanol–water partition coefficient (Wildman–Crippen LogP) is 7.55. The van der Waals surface area contributed by atoms with Gasteiger partial charge in [-0.1, -0.05) is 75.4 Å². The van der Waals surface area contributed by atoms with E-state index in [2.05, 4.69) is 92.1 Å². The molecule has 1 atom stereocenters. The van der Waals surface area contributed by atoms with Crippen LogP contribution in [0.5, 0.6) is 11.5 Å². The molecule has 0 radical (unpaired) electrons. The summed E-state index contributed by atoms with van der Waals surface area (Å²) >= 11 is 0. The van der Waals surface area contributed by atoms with Gasteiger partial charge in [0.05, 0.1) is 24.7 Å². The highest BCUT2D eigenvalue weighted by molar-refractivity contribution is 5.85. The summed E-state index contributed by atoms with van der Waals surface area (Å²) in [5, 5.41) is 2.37. The van der Waals surface area contributed by atoms with E-state index in [9.17, 15) is 0 Å². The lowest BCUT2D eigenvalue weighted by atomic mass is 9.97. The summed E-state index contributed by atoms with van der Waals surface area (Å²) in [6.07, 6.45) is 0. The number of hydrogen-bond donors (Lipinski definition) is 0. The van der Waals surface area contributed by atoms with Gasteiger partial charge in [-0.3, -0.25) is 0 Å². The Labute approximate surface area is 207 Å². The number of para-hydroxylation sites is 3. The Balaban J connectivity index is 1.45. The Morgan fingerprint density at radius 2 is 1.57 bits per heavy atom. The van der Waals surface area contributed by atoms with Crippen molar-refractivity contribution in [3.8, 4) is 11.5 Å². The topological polar surface area (TPSA) is 36.3 Å². The molecule has 4 nitrogen and oxygen atoms in total. The van der Waals surface area contributed by atoms with Crippen molar-refractivity contribution in [2.75, 3.05) is 13.7 Å². The van der Waals surface area contributed by atoms with Crippen molar-refractivity contribution in [2.24, 2.45) is 0 Å². The summed E-state index contributed by atoms with van der Waals surface area (Å²) in [6, 6.07) is 29.5. The highest BCUT2D eigenvalue weighted by Gasteiger charge is 2.19. The van der Waals surface area contributed by atoms with Crippen LogP contribution in [0.2, 0.25) is 0 Å². The average Bonchev–Trinajstić information content (AvgIpc) is 3.26. The van der Waals surface area contributed by atoms with Crippen molar-refractivity contribution in [3.05, 3.63) is 102 Å². The quantitative estimate of drug-likeness (QED) is 0.238. The fraction of sp³-hybridized carbons (Fsp3) is 0.258. The van der Waals surface area contributed by atoms with Crippen LogP contribution in [-0.4, -0.2) is 23.3 Å². The number of imidazole rings is 1. The molecule has 1 heterocycles. The molecule has 5 rings (SSSR count). The van der Waals surface area contributed by atoms with Gasteiger partial charge in [-0.2, -0.15) is 0 Å². The second-order valence-electron chi connectivity index (χ2n) is 9.35. The second-order valence-corrected chi connectivity index (χ2v) is 9.35. The molecule has 0 aliphatic rings. The van der Waals surface area contributed by atoms with Gasteiger partial charge in [0.1, 0.15) is 23.9 Å². The third kappa shape index (κ3) is 4.61. The van der Waals surface area contributed by atoms with Crippen molar-refractivity contribution in [1.29, 1.82) is 0 Å². The fourth-order valence-corrected chi connectivity index (χ4v) is 4.78. The van der Waals surface area contributed by atoms with Crippen LogP contribution < -0.4 is 9.47 Å². The Kier molecular flexibility index (Phi) is 6.45. The van der Waals surface area contributed by atoms with Crippen LogP contribution in [-0.2, 0) is 6.54 Å². The molecule has 178 valence electrons. The number of ether oxygens (including phenoxy) is 2. The Morgan fingerprint density at radius 1 is 0.829 bits per heavy atom. The highest BCUT2D eigenvalue weighted by Crippen LogP contribution is 2.31. The van der Waals surface area contributed by atoms with Crippen molar-refractivity contribution >= 4 is 21.8 Å². The Hall–Kier alpha value is -3.79. The van der Waals surface area contributed by atoms with E-state index in [-0.39, 0.29) is 5.92 Å². The monoisotopic (exact) mass is 464 g/mol. The molecule has 0 N–H and O–H groups in total. The summed E-state index contributed by atoms with van der Waals surface area (Å²) in [6.45, 7) is 7.95. The van der Waals surface area contributed by atoms with Gasteiger partial charge in [0.2, 0.25) is 0 Å². The van der Waals surface area contributed by atoms with Crippen LogP contribution in [0.15, 0.2) is 84.9 Å². The standard InChI is InChI=1S/C31H32N2O2/c1-21(2)27-9-5-8-12-30(27)35-18-17-33-29-11-7-6-10-28(29)32-31(33)22(3)23-13-14-25-20-26(34-4)16-15-24(25)19-23/h5-16,19-22H,17-18H2,1-4H3. The molecule has 0 saturated carbocycles. The first-order valence-electron chi connectivity index (χ1n) is 12.3. The minimum Gasteiger partial charge on any atom is -0.497 e. The van der Waals surface area contributed by atoms with E-state index < -0.39 is 0 Å². The molecule has 4 aromatic carbocycles. The first-order valence-corrected chi connectivity index (χ1v) is 12.3.